The molecule has 1 amide bonds. The van der Waals surface area contributed by atoms with E-state index in [-0.39, 0.29) is 26.1 Å². The molecule has 3 aromatic carbocycles. The van der Waals surface area contributed by atoms with Crippen LogP contribution < -0.4 is 20.4 Å². The van der Waals surface area contributed by atoms with Gasteiger partial charge in [0.2, 0.25) is 5.91 Å². The summed E-state index contributed by atoms with van der Waals surface area (Å²) in [4.78, 5) is 56.2. The van der Waals surface area contributed by atoms with Crippen LogP contribution in [0.15, 0.2) is 97.1 Å². The molecule has 0 aliphatic rings. The van der Waals surface area contributed by atoms with E-state index in [4.69, 9.17) is 18.6 Å². The Labute approximate surface area is 422 Å². The third-order valence-electron chi connectivity index (χ3n) is 12.1. The van der Waals surface area contributed by atoms with E-state index in [1.807, 2.05) is 42.5 Å². The fourth-order valence-electron chi connectivity index (χ4n) is 8.53. The van der Waals surface area contributed by atoms with Crippen molar-refractivity contribution in [2.75, 3.05) is 13.2 Å². The molecule has 0 heterocycles. The van der Waals surface area contributed by atoms with E-state index in [0.717, 1.165) is 48.9 Å². The molecule has 0 aliphatic heterocycles. The van der Waals surface area contributed by atoms with Gasteiger partial charge in [-0.25, -0.2) is 9.59 Å². The Morgan fingerprint density at radius 2 is 1.26 bits per heavy atom. The summed E-state index contributed by atoms with van der Waals surface area (Å²) in [5.74, 6) is 2.67. The van der Waals surface area contributed by atoms with Crippen molar-refractivity contribution in [1.82, 2.24) is 5.32 Å². The van der Waals surface area contributed by atoms with Crippen LogP contribution in [0.4, 0.5) is 0 Å². The number of allylic oxidation sites excluding steroid dienone is 1. The molecule has 0 aromatic heterocycles. The third kappa shape index (κ3) is 19.6. The van der Waals surface area contributed by atoms with Crippen LogP contribution in [0.5, 0.6) is 5.75 Å². The molecule has 0 saturated heterocycles. The number of aliphatic hydroxyl groups is 1. The first-order chi connectivity index (χ1) is 33.1. The molecule has 0 saturated carbocycles. The van der Waals surface area contributed by atoms with Crippen LogP contribution in [-0.2, 0) is 39.5 Å². The number of ketones is 1. The lowest BCUT2D eigenvalue weighted by Crippen LogP contribution is -2.67. The highest BCUT2D eigenvalue weighted by Gasteiger charge is 2.53. The molecule has 3 rings (SSSR count). The van der Waals surface area contributed by atoms with Crippen molar-refractivity contribution >= 4 is 42.3 Å². The second-order valence-corrected chi connectivity index (χ2v) is 25.7. The predicted molar refractivity (Wildman–Crippen MR) is 285 cm³/mol. The Kier molecular flexibility index (Phi) is 24.3. The monoisotopic (exact) mass is 980 g/mol. The quantitative estimate of drug-likeness (QED) is 0.0229. The van der Waals surface area contributed by atoms with Gasteiger partial charge in [-0.3, -0.25) is 9.59 Å². The number of nitrogens with one attached hydrogen (secondary N) is 1. The average Bonchev–Trinajstić information content (AvgIpc) is 3.29. The summed E-state index contributed by atoms with van der Waals surface area (Å²) in [6, 6.07) is 26.1. The second-order valence-electron chi connectivity index (χ2n) is 21.4. The first-order valence-corrected chi connectivity index (χ1v) is 27.5. The fraction of sp³-hybridized carbons (Fsp3) is 0.559. The number of ether oxygens (including phenoxy) is 3. The lowest BCUT2D eigenvalue weighted by atomic mass is 9.82. The minimum absolute atomic E-state index is 0.0509. The molecule has 0 aliphatic carbocycles. The highest BCUT2D eigenvalue weighted by Crippen LogP contribution is 2.38. The number of esters is 2. The van der Waals surface area contributed by atoms with Crippen LogP contribution in [0, 0.1) is 17.8 Å². The van der Waals surface area contributed by atoms with Gasteiger partial charge in [-0.15, -0.1) is 5.92 Å². The van der Waals surface area contributed by atoms with E-state index in [0.29, 0.717) is 36.4 Å². The van der Waals surface area contributed by atoms with Crippen LogP contribution in [0.3, 0.4) is 0 Å². The Morgan fingerprint density at radius 1 is 0.714 bits per heavy atom. The molecule has 10 nitrogen and oxygen atoms in total. The van der Waals surface area contributed by atoms with Gasteiger partial charge in [-0.2, -0.15) is 0 Å². The summed E-state index contributed by atoms with van der Waals surface area (Å²) in [6.07, 6.45) is 13.9. The molecule has 3 aromatic rings. The molecule has 70 heavy (non-hydrogen) atoms. The van der Waals surface area contributed by atoms with Crippen molar-refractivity contribution in [3.05, 3.63) is 103 Å². The lowest BCUT2D eigenvalue weighted by Gasteiger charge is -2.44. The van der Waals surface area contributed by atoms with Gasteiger partial charge in [0.15, 0.2) is 5.60 Å². The molecule has 384 valence electrons. The molecule has 0 radical (unpaired) electrons. The molecule has 0 fully saturated rings. The highest BCUT2D eigenvalue weighted by atomic mass is 28.4. The van der Waals surface area contributed by atoms with Gasteiger partial charge >= 0.3 is 11.9 Å². The number of carbonyl (C=O) groups excluding carboxylic acids is 4. The van der Waals surface area contributed by atoms with Gasteiger partial charge in [0.1, 0.15) is 35.4 Å². The molecule has 0 unspecified atom stereocenters. The summed E-state index contributed by atoms with van der Waals surface area (Å²) in [6.45, 7) is 20.9. The normalized spacial score (nSPS) is 13.9. The van der Waals surface area contributed by atoms with Crippen molar-refractivity contribution in [2.24, 2.45) is 5.92 Å². The predicted octanol–water partition coefficient (Wildman–Crippen LogP) is 10.9. The van der Waals surface area contributed by atoms with Gasteiger partial charge in [-0.05, 0) is 107 Å². The van der Waals surface area contributed by atoms with E-state index < -0.39 is 60.0 Å². The van der Waals surface area contributed by atoms with Crippen molar-refractivity contribution in [3.8, 4) is 17.6 Å². The summed E-state index contributed by atoms with van der Waals surface area (Å²) in [7, 11) is -3.16. The van der Waals surface area contributed by atoms with E-state index in [1.165, 1.54) is 19.3 Å². The van der Waals surface area contributed by atoms with Crippen molar-refractivity contribution < 1.29 is 42.9 Å². The Bertz CT molecular complexity index is 2100. The maximum atomic E-state index is 15.1. The van der Waals surface area contributed by atoms with Gasteiger partial charge in [0.25, 0.3) is 8.32 Å². The van der Waals surface area contributed by atoms with Gasteiger partial charge in [0, 0.05) is 32.3 Å². The van der Waals surface area contributed by atoms with Crippen LogP contribution in [0.2, 0.25) is 5.04 Å². The number of rotatable bonds is 29. The van der Waals surface area contributed by atoms with E-state index in [1.54, 1.807) is 78.8 Å². The number of hydrogen-bond donors (Lipinski definition) is 2. The minimum atomic E-state index is -3.16. The van der Waals surface area contributed by atoms with E-state index in [9.17, 15) is 19.5 Å². The first kappa shape index (κ1) is 59.3. The third-order valence-corrected chi connectivity index (χ3v) is 17.1. The second kappa shape index (κ2) is 28.7. The zero-order chi connectivity index (χ0) is 51.9. The SMILES string of the molecule is CC#CCOc1ccc(C[C@H](NC(=O)[C@@H](/C=C/CCCCCCC(=O)CCCCCCC)[C@@](O)(CCO[Si](c2ccccc2)(c2ccccc2)C(C)(C)C)C(=O)OC(C)(C)C)C(=O)OC(C)(C)C)cc1. The zero-order valence-corrected chi connectivity index (χ0v) is 45.4. The Hall–Kier alpha value is -5.02. The number of carbonyl (C=O) groups is 4. The maximum Gasteiger partial charge on any atom is 0.339 e. The standard InChI is InChI=1S/C59H85NO9Si/c1-12-14-16-19-24-31-47(61)32-25-20-17-18-21-30-37-51(53(62)60-52(54(63)68-56(3,4)5)45-46-38-40-48(41-39-46)66-43-15-13-2)59(65,55(64)69-57(6,7)8)42-44-67-70(58(9,10)11,49-33-26-22-27-34-49)50-35-28-23-29-36-50/h22-23,26-30,33-41,51-52,65H,12,14,16-21,24-25,31-32,42-45H2,1-11H3,(H,60,62)/b37-30+/t51-,52+,59+/m1/s1. The summed E-state index contributed by atoms with van der Waals surface area (Å²) in [5.41, 5.74) is -3.64. The highest BCUT2D eigenvalue weighted by molar-refractivity contribution is 6.99. The number of Topliss-reactive ketones (excluding diaryl/α,β-unsaturated/α-hetero) is 1. The number of unbranched alkanes of at least 4 members (excludes halogenated alkanes) is 8. The summed E-state index contributed by atoms with van der Waals surface area (Å²) in [5, 5.41) is 17.6. The number of amides is 1. The van der Waals surface area contributed by atoms with E-state index >= 15 is 4.79 Å². The summed E-state index contributed by atoms with van der Waals surface area (Å²) < 4.78 is 24.7. The van der Waals surface area contributed by atoms with Crippen molar-refractivity contribution in [2.45, 2.75) is 194 Å². The Morgan fingerprint density at radius 3 is 1.77 bits per heavy atom. The minimum Gasteiger partial charge on any atom is -0.481 e. The molecule has 3 atom stereocenters. The van der Waals surface area contributed by atoms with Gasteiger partial charge in [-0.1, -0.05) is 157 Å². The van der Waals surface area contributed by atoms with Crippen LogP contribution in [0.1, 0.15) is 165 Å². The first-order valence-electron chi connectivity index (χ1n) is 25.6. The van der Waals surface area contributed by atoms with Crippen LogP contribution in [-0.4, -0.2) is 73.1 Å². The number of hydrogen-bond acceptors (Lipinski definition) is 9. The largest absolute Gasteiger partial charge is 0.481 e. The molecule has 11 heteroatoms. The van der Waals surface area contributed by atoms with Crippen LogP contribution in [0.25, 0.3) is 0 Å². The maximum absolute atomic E-state index is 15.1. The lowest BCUT2D eigenvalue weighted by molar-refractivity contribution is -0.185. The van der Waals surface area contributed by atoms with Crippen molar-refractivity contribution in [3.63, 3.8) is 0 Å². The Balaban J connectivity index is 2.04. The van der Waals surface area contributed by atoms with E-state index in [2.05, 4.69) is 69.1 Å². The molecule has 2 N–H and O–H groups in total. The fourth-order valence-corrected chi connectivity index (χ4v) is 13.1. The topological polar surface area (TPSA) is 137 Å². The number of benzene rings is 3. The molecule has 0 spiro atoms. The van der Waals surface area contributed by atoms with Crippen LogP contribution >= 0.6 is 0 Å². The molecular formula is C59H85NO9Si. The molecule has 0 bridgehead atoms. The van der Waals surface area contributed by atoms with Crippen molar-refractivity contribution in [1.29, 1.82) is 0 Å². The average molecular weight is 980 g/mol. The van der Waals surface area contributed by atoms with Gasteiger partial charge < -0.3 is 29.1 Å². The zero-order valence-electron chi connectivity index (χ0n) is 44.4. The molecular weight excluding hydrogens is 895 g/mol. The van der Waals surface area contributed by atoms with Gasteiger partial charge in [0.05, 0.1) is 5.92 Å². The smallest absolute Gasteiger partial charge is 0.339 e. The summed E-state index contributed by atoms with van der Waals surface area (Å²) >= 11 is 0.